The van der Waals surface area contributed by atoms with Crippen LogP contribution in [-0.2, 0) is 10.0 Å². The van der Waals surface area contributed by atoms with Crippen LogP contribution in [0.3, 0.4) is 0 Å². The number of rotatable bonds is 5. The van der Waals surface area contributed by atoms with Gasteiger partial charge in [0.05, 0.1) is 10.6 Å². The quantitative estimate of drug-likeness (QED) is 0.922. The van der Waals surface area contributed by atoms with Crippen molar-refractivity contribution in [1.82, 2.24) is 4.98 Å². The SMILES string of the molecule is CCNc1cc(S(=O)(=O)N(C)c2cccc(C)c2)ccn1. The molecule has 0 bridgehead atoms. The van der Waals surface area contributed by atoms with Crippen LogP contribution in [0.25, 0.3) is 0 Å². The maximum atomic E-state index is 12.7. The summed E-state index contributed by atoms with van der Waals surface area (Å²) >= 11 is 0. The second-order valence-electron chi connectivity index (χ2n) is 4.72. The molecule has 5 nitrogen and oxygen atoms in total. The number of benzene rings is 1. The van der Waals surface area contributed by atoms with E-state index < -0.39 is 10.0 Å². The topological polar surface area (TPSA) is 62.3 Å². The van der Waals surface area contributed by atoms with Crippen LogP contribution < -0.4 is 9.62 Å². The molecule has 0 aliphatic heterocycles. The lowest BCUT2D eigenvalue weighted by Crippen LogP contribution is -2.26. The highest BCUT2D eigenvalue weighted by Gasteiger charge is 2.21. The van der Waals surface area contributed by atoms with E-state index in [1.54, 1.807) is 19.2 Å². The molecule has 1 heterocycles. The Morgan fingerprint density at radius 2 is 2.00 bits per heavy atom. The molecule has 21 heavy (non-hydrogen) atoms. The Hall–Kier alpha value is -2.08. The van der Waals surface area contributed by atoms with E-state index in [0.29, 0.717) is 18.1 Å². The van der Waals surface area contributed by atoms with Crippen molar-refractivity contribution >= 4 is 21.5 Å². The minimum Gasteiger partial charge on any atom is -0.370 e. The molecule has 0 amide bonds. The molecular weight excluding hydrogens is 286 g/mol. The predicted molar refractivity (Wildman–Crippen MR) is 85.2 cm³/mol. The third-order valence-corrected chi connectivity index (χ3v) is 4.89. The highest BCUT2D eigenvalue weighted by molar-refractivity contribution is 7.92. The van der Waals surface area contributed by atoms with Crippen molar-refractivity contribution in [1.29, 1.82) is 0 Å². The largest absolute Gasteiger partial charge is 0.370 e. The molecule has 0 atom stereocenters. The van der Waals surface area contributed by atoms with Crippen LogP contribution in [0.5, 0.6) is 0 Å². The van der Waals surface area contributed by atoms with Crippen molar-refractivity contribution in [2.24, 2.45) is 0 Å². The van der Waals surface area contributed by atoms with Gasteiger partial charge in [-0.05, 0) is 37.6 Å². The molecule has 1 aromatic carbocycles. The van der Waals surface area contributed by atoms with Crippen molar-refractivity contribution in [3.05, 3.63) is 48.2 Å². The van der Waals surface area contributed by atoms with Crippen LogP contribution >= 0.6 is 0 Å². The Bertz CT molecular complexity index is 729. The van der Waals surface area contributed by atoms with Crippen molar-refractivity contribution in [3.8, 4) is 0 Å². The van der Waals surface area contributed by atoms with Gasteiger partial charge in [-0.15, -0.1) is 0 Å². The van der Waals surface area contributed by atoms with E-state index in [1.165, 1.54) is 16.6 Å². The van der Waals surface area contributed by atoms with Gasteiger partial charge in [-0.2, -0.15) is 0 Å². The van der Waals surface area contributed by atoms with Crippen LogP contribution in [-0.4, -0.2) is 27.0 Å². The minimum absolute atomic E-state index is 0.220. The van der Waals surface area contributed by atoms with Gasteiger partial charge in [0.15, 0.2) is 0 Å². The number of aromatic nitrogens is 1. The summed E-state index contributed by atoms with van der Waals surface area (Å²) in [5, 5.41) is 3.01. The normalized spacial score (nSPS) is 11.2. The van der Waals surface area contributed by atoms with Gasteiger partial charge in [0.1, 0.15) is 5.82 Å². The van der Waals surface area contributed by atoms with E-state index in [4.69, 9.17) is 0 Å². The summed E-state index contributed by atoms with van der Waals surface area (Å²) in [6.07, 6.45) is 1.50. The number of anilines is 2. The Balaban J connectivity index is 2.39. The molecule has 2 rings (SSSR count). The van der Waals surface area contributed by atoms with Crippen molar-refractivity contribution in [2.45, 2.75) is 18.7 Å². The summed E-state index contributed by atoms with van der Waals surface area (Å²) in [4.78, 5) is 4.31. The van der Waals surface area contributed by atoms with E-state index >= 15 is 0 Å². The van der Waals surface area contributed by atoms with E-state index in [1.807, 2.05) is 32.0 Å². The van der Waals surface area contributed by atoms with Gasteiger partial charge < -0.3 is 5.32 Å². The molecule has 0 saturated carbocycles. The fourth-order valence-corrected chi connectivity index (χ4v) is 3.17. The van der Waals surface area contributed by atoms with Crippen molar-refractivity contribution in [3.63, 3.8) is 0 Å². The number of pyridine rings is 1. The smallest absolute Gasteiger partial charge is 0.264 e. The zero-order valence-electron chi connectivity index (χ0n) is 12.4. The van der Waals surface area contributed by atoms with Gasteiger partial charge in [0.2, 0.25) is 0 Å². The molecule has 0 unspecified atom stereocenters. The summed E-state index contributed by atoms with van der Waals surface area (Å²) < 4.78 is 26.6. The number of sulfonamides is 1. The molecular formula is C15H19N3O2S. The molecule has 0 fully saturated rings. The fraction of sp³-hybridized carbons (Fsp3) is 0.267. The van der Waals surface area contributed by atoms with Gasteiger partial charge in [0.25, 0.3) is 10.0 Å². The highest BCUT2D eigenvalue weighted by Crippen LogP contribution is 2.23. The number of aryl methyl sites for hydroxylation is 1. The van der Waals surface area contributed by atoms with Crippen molar-refractivity contribution < 1.29 is 8.42 Å². The van der Waals surface area contributed by atoms with E-state index in [0.717, 1.165) is 5.56 Å². The van der Waals surface area contributed by atoms with Crippen LogP contribution in [0.2, 0.25) is 0 Å². The first-order valence-electron chi connectivity index (χ1n) is 6.70. The molecule has 6 heteroatoms. The average molecular weight is 305 g/mol. The third kappa shape index (κ3) is 3.33. The Kier molecular flexibility index (Phi) is 4.47. The molecule has 0 saturated heterocycles. The zero-order chi connectivity index (χ0) is 15.5. The highest BCUT2D eigenvalue weighted by atomic mass is 32.2. The van der Waals surface area contributed by atoms with E-state index in [2.05, 4.69) is 10.3 Å². The first-order valence-corrected chi connectivity index (χ1v) is 8.14. The zero-order valence-corrected chi connectivity index (χ0v) is 13.2. The maximum Gasteiger partial charge on any atom is 0.264 e. The molecule has 2 aromatic rings. The van der Waals surface area contributed by atoms with Crippen LogP contribution in [0.15, 0.2) is 47.5 Å². The first-order chi connectivity index (χ1) is 9.95. The predicted octanol–water partition coefficient (Wildman–Crippen LogP) is 2.65. The summed E-state index contributed by atoms with van der Waals surface area (Å²) in [7, 11) is -2.04. The molecule has 112 valence electrons. The number of nitrogens with zero attached hydrogens (tertiary/aromatic N) is 2. The van der Waals surface area contributed by atoms with Crippen LogP contribution in [0.1, 0.15) is 12.5 Å². The molecule has 1 aromatic heterocycles. The lowest BCUT2D eigenvalue weighted by atomic mass is 10.2. The molecule has 0 aliphatic carbocycles. The van der Waals surface area contributed by atoms with Gasteiger partial charge in [-0.25, -0.2) is 13.4 Å². The Morgan fingerprint density at radius 3 is 2.67 bits per heavy atom. The Morgan fingerprint density at radius 1 is 1.24 bits per heavy atom. The molecule has 1 N–H and O–H groups in total. The lowest BCUT2D eigenvalue weighted by molar-refractivity contribution is 0.594. The van der Waals surface area contributed by atoms with Gasteiger partial charge in [-0.1, -0.05) is 12.1 Å². The summed E-state index contributed by atoms with van der Waals surface area (Å²) in [5.74, 6) is 0.552. The molecule has 0 aliphatic rings. The minimum atomic E-state index is -3.60. The summed E-state index contributed by atoms with van der Waals surface area (Å²) in [5.41, 5.74) is 1.65. The Labute approximate surface area is 125 Å². The second-order valence-corrected chi connectivity index (χ2v) is 6.69. The number of hydrogen-bond donors (Lipinski definition) is 1. The van der Waals surface area contributed by atoms with E-state index in [-0.39, 0.29) is 4.90 Å². The standard InChI is InChI=1S/C15H19N3O2S/c1-4-16-15-11-14(8-9-17-15)21(19,20)18(3)13-7-5-6-12(2)10-13/h5-11H,4H2,1-3H3,(H,16,17). The third-order valence-electron chi connectivity index (χ3n) is 3.11. The van der Waals surface area contributed by atoms with Crippen molar-refractivity contribution in [2.75, 3.05) is 23.2 Å². The molecule has 0 radical (unpaired) electrons. The fourth-order valence-electron chi connectivity index (χ4n) is 1.97. The van der Waals surface area contributed by atoms with Gasteiger partial charge >= 0.3 is 0 Å². The molecule has 0 spiro atoms. The van der Waals surface area contributed by atoms with Crippen LogP contribution in [0, 0.1) is 6.92 Å². The summed E-state index contributed by atoms with van der Waals surface area (Å²) in [6.45, 7) is 4.55. The lowest BCUT2D eigenvalue weighted by Gasteiger charge is -2.20. The van der Waals surface area contributed by atoms with Crippen LogP contribution in [0.4, 0.5) is 11.5 Å². The second kappa shape index (κ2) is 6.13. The van der Waals surface area contributed by atoms with E-state index in [9.17, 15) is 8.42 Å². The summed E-state index contributed by atoms with van der Waals surface area (Å²) in [6, 6.07) is 10.4. The average Bonchev–Trinajstić information content (AvgIpc) is 2.47. The van der Waals surface area contributed by atoms with Gasteiger partial charge in [-0.3, -0.25) is 4.31 Å². The number of nitrogens with one attached hydrogen (secondary N) is 1. The monoisotopic (exact) mass is 305 g/mol. The first kappa shape index (κ1) is 15.3. The number of hydrogen-bond acceptors (Lipinski definition) is 4. The maximum absolute atomic E-state index is 12.7. The van der Waals surface area contributed by atoms with Gasteiger partial charge in [0, 0.05) is 25.9 Å².